The van der Waals surface area contributed by atoms with Crippen molar-refractivity contribution in [2.45, 2.75) is 51.3 Å². The average molecular weight is 267 g/mol. The Bertz CT molecular complexity index is 269. The highest BCUT2D eigenvalue weighted by molar-refractivity contribution is 7.46. The second-order valence-electron chi connectivity index (χ2n) is 4.39. The topological polar surface area (TPSA) is 90.2 Å². The van der Waals surface area contributed by atoms with Crippen molar-refractivity contribution in [3.05, 3.63) is 0 Å². The van der Waals surface area contributed by atoms with E-state index in [1.165, 1.54) is 0 Å². The minimum atomic E-state index is -4.36. The zero-order chi connectivity index (χ0) is 12.9. The zero-order valence-electron chi connectivity index (χ0n) is 10.2. The number of piperidine rings is 1. The standard InChI is InChI=1S/C10H22NO5P/c1-2-10(12)11-7-4-3-5-9(11)6-8-16-17(13,14)15/h9-10,12H,2-8H2,1H3,(H2,13,14,15). The van der Waals surface area contributed by atoms with Crippen LogP contribution in [0.15, 0.2) is 0 Å². The van der Waals surface area contributed by atoms with E-state index < -0.39 is 14.1 Å². The Morgan fingerprint density at radius 3 is 2.76 bits per heavy atom. The lowest BCUT2D eigenvalue weighted by atomic mass is 9.99. The number of aliphatic hydroxyl groups is 1. The van der Waals surface area contributed by atoms with Gasteiger partial charge in [-0.1, -0.05) is 13.3 Å². The first-order valence-electron chi connectivity index (χ1n) is 6.08. The quantitative estimate of drug-likeness (QED) is 0.624. The van der Waals surface area contributed by atoms with E-state index in [0.29, 0.717) is 12.8 Å². The third-order valence-corrected chi connectivity index (χ3v) is 3.65. The van der Waals surface area contributed by atoms with Gasteiger partial charge in [0.15, 0.2) is 0 Å². The monoisotopic (exact) mass is 267 g/mol. The molecule has 0 radical (unpaired) electrons. The van der Waals surface area contributed by atoms with Gasteiger partial charge in [-0.2, -0.15) is 0 Å². The molecule has 0 spiro atoms. The van der Waals surface area contributed by atoms with Crippen molar-refractivity contribution in [2.24, 2.45) is 0 Å². The first-order valence-corrected chi connectivity index (χ1v) is 7.61. The van der Waals surface area contributed by atoms with Gasteiger partial charge in [-0.3, -0.25) is 9.42 Å². The third-order valence-electron chi connectivity index (χ3n) is 3.13. The van der Waals surface area contributed by atoms with Gasteiger partial charge < -0.3 is 14.9 Å². The van der Waals surface area contributed by atoms with Gasteiger partial charge in [0.05, 0.1) is 6.61 Å². The largest absolute Gasteiger partial charge is 0.469 e. The molecule has 1 rings (SSSR count). The Morgan fingerprint density at radius 1 is 1.47 bits per heavy atom. The first kappa shape index (κ1) is 15.1. The van der Waals surface area contributed by atoms with Crippen molar-refractivity contribution in [1.29, 1.82) is 0 Å². The molecule has 1 saturated heterocycles. The SMILES string of the molecule is CCC(O)N1CCCCC1CCOP(=O)(O)O. The van der Waals surface area contributed by atoms with Crippen LogP contribution in [-0.4, -0.2) is 45.2 Å². The number of hydrogen-bond acceptors (Lipinski definition) is 4. The van der Waals surface area contributed by atoms with E-state index in [4.69, 9.17) is 9.79 Å². The number of phosphoric ester groups is 1. The van der Waals surface area contributed by atoms with Crippen LogP contribution in [0.3, 0.4) is 0 Å². The van der Waals surface area contributed by atoms with E-state index in [0.717, 1.165) is 25.8 Å². The molecular weight excluding hydrogens is 245 g/mol. The smallest absolute Gasteiger partial charge is 0.378 e. The zero-order valence-corrected chi connectivity index (χ0v) is 11.1. The van der Waals surface area contributed by atoms with Gasteiger partial charge in [-0.05, 0) is 25.7 Å². The lowest BCUT2D eigenvalue weighted by Crippen LogP contribution is -2.46. The number of phosphoric acid groups is 1. The van der Waals surface area contributed by atoms with E-state index in [1.807, 2.05) is 11.8 Å². The lowest BCUT2D eigenvalue weighted by molar-refractivity contribution is -0.0473. The van der Waals surface area contributed by atoms with Gasteiger partial charge >= 0.3 is 7.82 Å². The molecule has 0 aromatic heterocycles. The molecule has 0 bridgehead atoms. The highest BCUT2D eigenvalue weighted by Crippen LogP contribution is 2.36. The summed E-state index contributed by atoms with van der Waals surface area (Å²) in [6.07, 6.45) is 3.84. The molecule has 3 N–H and O–H groups in total. The summed E-state index contributed by atoms with van der Waals surface area (Å²) in [6.45, 7) is 2.79. The van der Waals surface area contributed by atoms with E-state index in [-0.39, 0.29) is 12.6 Å². The molecule has 0 aromatic carbocycles. The van der Waals surface area contributed by atoms with Gasteiger partial charge in [-0.15, -0.1) is 0 Å². The molecule has 0 saturated carbocycles. The van der Waals surface area contributed by atoms with Gasteiger partial charge in [-0.25, -0.2) is 4.57 Å². The van der Waals surface area contributed by atoms with E-state index in [1.54, 1.807) is 0 Å². The fourth-order valence-corrected chi connectivity index (χ4v) is 2.61. The molecule has 2 unspecified atom stereocenters. The lowest BCUT2D eigenvalue weighted by Gasteiger charge is -2.38. The molecular formula is C10H22NO5P. The minimum absolute atomic E-state index is 0.0296. The molecule has 0 aromatic rings. The number of aliphatic hydroxyl groups excluding tert-OH is 1. The number of rotatable bonds is 6. The van der Waals surface area contributed by atoms with Crippen molar-refractivity contribution in [1.82, 2.24) is 4.90 Å². The van der Waals surface area contributed by atoms with Crippen LogP contribution in [0.2, 0.25) is 0 Å². The Labute approximate surface area is 102 Å². The predicted molar refractivity (Wildman–Crippen MR) is 63.3 cm³/mol. The number of nitrogens with zero attached hydrogens (tertiary/aromatic N) is 1. The molecule has 102 valence electrons. The molecule has 1 aliphatic rings. The van der Waals surface area contributed by atoms with Crippen LogP contribution in [-0.2, 0) is 9.09 Å². The molecule has 0 amide bonds. The van der Waals surface area contributed by atoms with E-state index in [9.17, 15) is 9.67 Å². The summed E-state index contributed by atoms with van der Waals surface area (Å²) in [5, 5.41) is 9.84. The van der Waals surface area contributed by atoms with E-state index >= 15 is 0 Å². The van der Waals surface area contributed by atoms with Crippen LogP contribution in [0.25, 0.3) is 0 Å². The minimum Gasteiger partial charge on any atom is -0.378 e. The maximum Gasteiger partial charge on any atom is 0.469 e. The normalized spacial score (nSPS) is 24.8. The van der Waals surface area contributed by atoms with Crippen molar-refractivity contribution < 1.29 is 24.0 Å². The van der Waals surface area contributed by atoms with Gasteiger partial charge in [0.1, 0.15) is 6.23 Å². The predicted octanol–water partition coefficient (Wildman–Crippen LogP) is 1.07. The fourth-order valence-electron chi connectivity index (χ4n) is 2.27. The summed E-state index contributed by atoms with van der Waals surface area (Å²) in [7, 11) is -4.36. The van der Waals surface area contributed by atoms with Crippen molar-refractivity contribution >= 4 is 7.82 Å². The molecule has 7 heteroatoms. The van der Waals surface area contributed by atoms with Crippen LogP contribution < -0.4 is 0 Å². The van der Waals surface area contributed by atoms with Crippen LogP contribution in [0.4, 0.5) is 0 Å². The van der Waals surface area contributed by atoms with Crippen molar-refractivity contribution in [2.75, 3.05) is 13.2 Å². The van der Waals surface area contributed by atoms with Crippen LogP contribution in [0, 0.1) is 0 Å². The Morgan fingerprint density at radius 2 is 2.18 bits per heavy atom. The maximum atomic E-state index is 10.6. The third kappa shape index (κ3) is 5.46. The average Bonchev–Trinajstić information content (AvgIpc) is 2.27. The molecule has 17 heavy (non-hydrogen) atoms. The van der Waals surface area contributed by atoms with Crippen LogP contribution in [0.5, 0.6) is 0 Å². The van der Waals surface area contributed by atoms with Gasteiger partial charge in [0.2, 0.25) is 0 Å². The van der Waals surface area contributed by atoms with Crippen LogP contribution in [0.1, 0.15) is 39.0 Å². The highest BCUT2D eigenvalue weighted by Gasteiger charge is 2.27. The summed E-state index contributed by atoms with van der Waals surface area (Å²) in [5.74, 6) is 0. The Balaban J connectivity index is 2.40. The molecule has 1 fully saturated rings. The molecule has 2 atom stereocenters. The number of likely N-dealkylation sites (tertiary alicyclic amines) is 1. The number of hydrogen-bond donors (Lipinski definition) is 3. The van der Waals surface area contributed by atoms with Crippen molar-refractivity contribution in [3.63, 3.8) is 0 Å². The summed E-state index contributed by atoms with van der Waals surface area (Å²) >= 11 is 0. The first-order chi connectivity index (χ1) is 7.94. The molecule has 0 aliphatic carbocycles. The second kappa shape index (κ2) is 6.83. The summed E-state index contributed by atoms with van der Waals surface area (Å²) < 4.78 is 15.0. The molecule has 6 nitrogen and oxygen atoms in total. The second-order valence-corrected chi connectivity index (χ2v) is 5.63. The maximum absolute atomic E-state index is 10.6. The van der Waals surface area contributed by atoms with Crippen molar-refractivity contribution in [3.8, 4) is 0 Å². The highest BCUT2D eigenvalue weighted by atomic mass is 31.2. The summed E-state index contributed by atoms with van der Waals surface area (Å²) in [5.41, 5.74) is 0. The summed E-state index contributed by atoms with van der Waals surface area (Å²) in [4.78, 5) is 19.2. The fraction of sp³-hybridized carbons (Fsp3) is 1.00. The Kier molecular flexibility index (Phi) is 6.06. The molecule has 1 aliphatic heterocycles. The van der Waals surface area contributed by atoms with E-state index in [2.05, 4.69) is 4.52 Å². The van der Waals surface area contributed by atoms with Gasteiger partial charge in [0.25, 0.3) is 0 Å². The van der Waals surface area contributed by atoms with Crippen LogP contribution >= 0.6 is 7.82 Å². The Hall–Kier alpha value is 0.0300. The van der Waals surface area contributed by atoms with Gasteiger partial charge in [0, 0.05) is 12.6 Å². The summed E-state index contributed by atoms with van der Waals surface area (Å²) in [6, 6.07) is 0.158. The molecule has 1 heterocycles.